The Hall–Kier alpha value is -1.74. The van der Waals surface area contributed by atoms with E-state index in [1.165, 1.54) is 11.3 Å². The van der Waals surface area contributed by atoms with E-state index in [-0.39, 0.29) is 24.0 Å². The van der Waals surface area contributed by atoms with E-state index >= 15 is 0 Å². The highest BCUT2D eigenvalue weighted by Crippen LogP contribution is 2.22. The predicted octanol–water partition coefficient (Wildman–Crippen LogP) is 0.849. The van der Waals surface area contributed by atoms with Gasteiger partial charge in [0.1, 0.15) is 0 Å². The van der Waals surface area contributed by atoms with Crippen molar-refractivity contribution in [3.8, 4) is 10.8 Å². The maximum atomic E-state index is 11.9. The molecule has 3 heterocycles. The molecule has 1 atom stereocenters. The van der Waals surface area contributed by atoms with Crippen molar-refractivity contribution < 1.29 is 17.7 Å². The van der Waals surface area contributed by atoms with Crippen molar-refractivity contribution in [1.29, 1.82) is 0 Å². The molecule has 1 aliphatic rings. The van der Waals surface area contributed by atoms with Gasteiger partial charge < -0.3 is 9.84 Å². The Labute approximate surface area is 125 Å². The normalized spacial score (nSPS) is 20.5. The van der Waals surface area contributed by atoms with Crippen molar-refractivity contribution in [3.63, 3.8) is 0 Å². The highest BCUT2D eigenvalue weighted by molar-refractivity contribution is 7.91. The molecule has 1 fully saturated rings. The quantitative estimate of drug-likeness (QED) is 0.893. The smallest absolute Gasteiger partial charge is 0.268 e. The van der Waals surface area contributed by atoms with Gasteiger partial charge in [0.05, 0.1) is 28.8 Å². The molecule has 0 spiro atoms. The van der Waals surface area contributed by atoms with Gasteiger partial charge in [-0.2, -0.15) is 4.98 Å². The highest BCUT2D eigenvalue weighted by Gasteiger charge is 2.32. The summed E-state index contributed by atoms with van der Waals surface area (Å²) >= 11 is 1.48. The molecule has 7 nitrogen and oxygen atoms in total. The lowest BCUT2D eigenvalue weighted by atomic mass is 10.1. The van der Waals surface area contributed by atoms with Crippen molar-refractivity contribution in [2.24, 2.45) is 5.92 Å². The number of rotatable bonds is 4. The van der Waals surface area contributed by atoms with Gasteiger partial charge in [-0.15, -0.1) is 11.3 Å². The lowest BCUT2D eigenvalue weighted by Gasteiger charge is -2.06. The van der Waals surface area contributed by atoms with Crippen LogP contribution in [0.25, 0.3) is 10.8 Å². The summed E-state index contributed by atoms with van der Waals surface area (Å²) in [5, 5.41) is 8.34. The average Bonchev–Trinajstić information content (AvgIpc) is 3.15. The van der Waals surface area contributed by atoms with Gasteiger partial charge in [-0.25, -0.2) is 8.42 Å². The largest absolute Gasteiger partial charge is 0.348 e. The summed E-state index contributed by atoms with van der Waals surface area (Å²) in [7, 11) is -3.06. The van der Waals surface area contributed by atoms with Gasteiger partial charge in [-0.1, -0.05) is 11.2 Å². The van der Waals surface area contributed by atoms with Crippen LogP contribution in [-0.4, -0.2) is 36.0 Å². The molecule has 3 rings (SSSR count). The van der Waals surface area contributed by atoms with Crippen LogP contribution in [0.1, 0.15) is 12.2 Å². The zero-order valence-corrected chi connectivity index (χ0v) is 12.6. The van der Waals surface area contributed by atoms with Crippen molar-refractivity contribution in [2.45, 2.75) is 13.0 Å². The summed E-state index contributed by atoms with van der Waals surface area (Å²) in [5.41, 5.74) is 0. The number of hydrogen-bond acceptors (Lipinski definition) is 7. The minimum absolute atomic E-state index is 0.0779. The number of hydrogen-bond donors (Lipinski definition) is 1. The first-order valence-corrected chi connectivity index (χ1v) is 9.08. The number of aromatic nitrogens is 2. The SMILES string of the molecule is O=C(NCc1noc(-c2cccs2)n1)[C@H]1CCS(=O)(=O)C1. The molecule has 112 valence electrons. The summed E-state index contributed by atoms with van der Waals surface area (Å²) in [6.45, 7) is 0.129. The van der Waals surface area contributed by atoms with Gasteiger partial charge in [0.2, 0.25) is 5.91 Å². The third-order valence-electron chi connectivity index (χ3n) is 3.22. The van der Waals surface area contributed by atoms with Crippen molar-refractivity contribution in [1.82, 2.24) is 15.5 Å². The van der Waals surface area contributed by atoms with Crippen LogP contribution < -0.4 is 5.32 Å². The Bertz CT molecular complexity index is 736. The van der Waals surface area contributed by atoms with Crippen LogP contribution >= 0.6 is 11.3 Å². The summed E-state index contributed by atoms with van der Waals surface area (Å²) in [4.78, 5) is 16.9. The summed E-state index contributed by atoms with van der Waals surface area (Å²) < 4.78 is 27.8. The second-order valence-electron chi connectivity index (χ2n) is 4.81. The van der Waals surface area contributed by atoms with Crippen molar-refractivity contribution in [3.05, 3.63) is 23.3 Å². The third kappa shape index (κ3) is 3.30. The molecule has 2 aromatic rings. The Morgan fingerprint density at radius 3 is 3.05 bits per heavy atom. The van der Waals surface area contributed by atoms with Gasteiger partial charge in [-0.3, -0.25) is 4.79 Å². The minimum Gasteiger partial charge on any atom is -0.348 e. The first-order valence-electron chi connectivity index (χ1n) is 6.38. The van der Waals surface area contributed by atoms with Crippen LogP contribution in [0.5, 0.6) is 0 Å². The Balaban J connectivity index is 1.57. The second kappa shape index (κ2) is 5.57. The van der Waals surface area contributed by atoms with Crippen LogP contribution in [0.15, 0.2) is 22.0 Å². The second-order valence-corrected chi connectivity index (χ2v) is 7.99. The molecular weight excluding hydrogens is 314 g/mol. The van der Waals surface area contributed by atoms with E-state index in [9.17, 15) is 13.2 Å². The van der Waals surface area contributed by atoms with Crippen LogP contribution in [0.3, 0.4) is 0 Å². The molecule has 1 N–H and O–H groups in total. The highest BCUT2D eigenvalue weighted by atomic mass is 32.2. The molecule has 1 aliphatic heterocycles. The first kappa shape index (κ1) is 14.2. The molecule has 0 saturated carbocycles. The van der Waals surface area contributed by atoms with Gasteiger partial charge in [0, 0.05) is 0 Å². The van der Waals surface area contributed by atoms with E-state index in [4.69, 9.17) is 4.52 Å². The van der Waals surface area contributed by atoms with E-state index in [1.807, 2.05) is 17.5 Å². The number of sulfone groups is 1. The minimum atomic E-state index is -3.06. The first-order chi connectivity index (χ1) is 10.0. The van der Waals surface area contributed by atoms with Crippen LogP contribution in [-0.2, 0) is 21.2 Å². The molecule has 21 heavy (non-hydrogen) atoms. The molecule has 0 aromatic carbocycles. The molecular formula is C12H13N3O4S2. The van der Waals surface area contributed by atoms with E-state index in [1.54, 1.807) is 0 Å². The predicted molar refractivity (Wildman–Crippen MR) is 76.2 cm³/mol. The van der Waals surface area contributed by atoms with Gasteiger partial charge in [0.25, 0.3) is 5.89 Å². The van der Waals surface area contributed by atoms with Gasteiger partial charge in [0.15, 0.2) is 15.7 Å². The number of nitrogens with one attached hydrogen (secondary N) is 1. The third-order valence-corrected chi connectivity index (χ3v) is 5.85. The molecule has 9 heteroatoms. The lowest BCUT2D eigenvalue weighted by molar-refractivity contribution is -0.124. The molecule has 0 unspecified atom stereocenters. The van der Waals surface area contributed by atoms with Crippen molar-refractivity contribution in [2.75, 3.05) is 11.5 Å². The maximum Gasteiger partial charge on any atom is 0.268 e. The fourth-order valence-corrected chi connectivity index (χ4v) is 4.52. The zero-order chi connectivity index (χ0) is 14.9. The van der Waals surface area contributed by atoms with Crippen molar-refractivity contribution >= 4 is 27.1 Å². The van der Waals surface area contributed by atoms with E-state index in [2.05, 4.69) is 15.5 Å². The van der Waals surface area contributed by atoms with Gasteiger partial charge >= 0.3 is 0 Å². The average molecular weight is 327 g/mol. The van der Waals surface area contributed by atoms with Crippen LogP contribution in [0, 0.1) is 5.92 Å². The zero-order valence-electron chi connectivity index (χ0n) is 11.0. The van der Waals surface area contributed by atoms with Crippen LogP contribution in [0.2, 0.25) is 0 Å². The van der Waals surface area contributed by atoms with E-state index < -0.39 is 15.8 Å². The van der Waals surface area contributed by atoms with E-state index in [0.29, 0.717) is 18.1 Å². The molecule has 2 aromatic heterocycles. The van der Waals surface area contributed by atoms with Crippen LogP contribution in [0.4, 0.5) is 0 Å². The Morgan fingerprint density at radius 2 is 2.38 bits per heavy atom. The number of carbonyl (C=O) groups is 1. The number of amides is 1. The molecule has 0 bridgehead atoms. The topological polar surface area (TPSA) is 102 Å². The molecule has 0 radical (unpaired) electrons. The maximum absolute atomic E-state index is 11.9. The Morgan fingerprint density at radius 1 is 1.52 bits per heavy atom. The molecule has 1 amide bonds. The summed E-state index contributed by atoms with van der Waals surface area (Å²) in [6, 6.07) is 3.75. The fraction of sp³-hybridized carbons (Fsp3) is 0.417. The Kier molecular flexibility index (Phi) is 3.77. The number of carbonyl (C=O) groups excluding carboxylic acids is 1. The summed E-state index contributed by atoms with van der Waals surface area (Å²) in [6.07, 6.45) is 0.376. The summed E-state index contributed by atoms with van der Waals surface area (Å²) in [5.74, 6) is 0.0314. The van der Waals surface area contributed by atoms with E-state index in [0.717, 1.165) is 4.88 Å². The van der Waals surface area contributed by atoms with Gasteiger partial charge in [-0.05, 0) is 17.9 Å². The number of nitrogens with zero attached hydrogens (tertiary/aromatic N) is 2. The number of thiophene rings is 1. The molecule has 0 aliphatic carbocycles. The molecule has 1 saturated heterocycles. The standard InChI is InChI=1S/C12H13N3O4S2/c16-11(8-3-5-21(17,18)7-8)13-6-10-14-12(19-15-10)9-2-1-4-20-9/h1-2,4,8H,3,5-7H2,(H,13,16)/t8-/m0/s1. The fourth-order valence-electron chi connectivity index (χ4n) is 2.14. The lowest BCUT2D eigenvalue weighted by Crippen LogP contribution is -2.31. The monoisotopic (exact) mass is 327 g/mol.